The second kappa shape index (κ2) is 6.71. The minimum atomic E-state index is -0.672. The van der Waals surface area contributed by atoms with Crippen molar-refractivity contribution in [1.29, 1.82) is 0 Å². The van der Waals surface area contributed by atoms with Crippen LogP contribution in [0.3, 0.4) is 0 Å². The zero-order valence-electron chi connectivity index (χ0n) is 12.3. The van der Waals surface area contributed by atoms with E-state index in [0.717, 1.165) is 9.55 Å². The molecule has 1 fully saturated rings. The van der Waals surface area contributed by atoms with Gasteiger partial charge in [0.15, 0.2) is 5.13 Å². The first kappa shape index (κ1) is 16.0. The molecule has 2 aromatic rings. The summed E-state index contributed by atoms with van der Waals surface area (Å²) in [5.41, 5.74) is 0. The molecule has 0 N–H and O–H groups in total. The second-order valence-corrected chi connectivity index (χ2v) is 7.39. The number of halogens is 1. The number of likely N-dealkylation sites (N-methyl/N-ethyl adjacent to an activating group) is 1. The van der Waals surface area contributed by atoms with Crippen molar-refractivity contribution in [2.75, 3.05) is 18.5 Å². The molecule has 2 aromatic heterocycles. The van der Waals surface area contributed by atoms with Crippen LogP contribution < -0.4 is 4.90 Å². The van der Waals surface area contributed by atoms with E-state index in [1.165, 1.54) is 21.1 Å². The van der Waals surface area contributed by atoms with Crippen LogP contribution in [0.2, 0.25) is 0 Å². The molecule has 0 spiro atoms. The zero-order chi connectivity index (χ0) is 16.4. The van der Waals surface area contributed by atoms with Crippen molar-refractivity contribution in [3.8, 4) is 0 Å². The van der Waals surface area contributed by atoms with E-state index in [2.05, 4.69) is 20.9 Å². The zero-order valence-corrected chi connectivity index (χ0v) is 14.7. The Labute approximate surface area is 145 Å². The smallest absolute Gasteiger partial charge is 0.329 e. The molecule has 0 aromatic carbocycles. The van der Waals surface area contributed by atoms with E-state index in [9.17, 15) is 9.59 Å². The number of esters is 1. The third-order valence-corrected chi connectivity index (χ3v) is 4.82. The standard InChI is InChI=1S/C14H14BrN3O4S/c1-17-8-11(18(14(17)20)13-16-7-10(15)23-13)22-12(19)5-4-9-3-2-6-21-9/h2-3,6-7,11H,4-5,8H2,1H3. The predicted molar refractivity (Wildman–Crippen MR) is 87.2 cm³/mol. The maximum atomic E-state index is 12.2. The molecule has 1 unspecified atom stereocenters. The van der Waals surface area contributed by atoms with Crippen molar-refractivity contribution in [2.45, 2.75) is 19.1 Å². The summed E-state index contributed by atoms with van der Waals surface area (Å²) in [7, 11) is 1.66. The number of aryl methyl sites for hydroxylation is 1. The lowest BCUT2D eigenvalue weighted by molar-refractivity contribution is -0.148. The van der Waals surface area contributed by atoms with Crippen LogP contribution >= 0.6 is 27.3 Å². The average molecular weight is 400 g/mol. The number of rotatable bonds is 5. The van der Waals surface area contributed by atoms with Gasteiger partial charge in [0.2, 0.25) is 6.23 Å². The summed E-state index contributed by atoms with van der Waals surface area (Å²) in [5, 5.41) is 0.495. The Morgan fingerprint density at radius 1 is 1.61 bits per heavy atom. The van der Waals surface area contributed by atoms with E-state index in [-0.39, 0.29) is 18.4 Å². The minimum absolute atomic E-state index is 0.192. The van der Waals surface area contributed by atoms with Crippen LogP contribution in [0.4, 0.5) is 9.93 Å². The number of carbonyl (C=O) groups is 2. The molecular formula is C14H14BrN3O4S. The van der Waals surface area contributed by atoms with Gasteiger partial charge >= 0.3 is 12.0 Å². The van der Waals surface area contributed by atoms with Crippen LogP contribution in [0.1, 0.15) is 12.2 Å². The van der Waals surface area contributed by atoms with Crippen molar-refractivity contribution < 1.29 is 18.7 Å². The molecule has 9 heteroatoms. The van der Waals surface area contributed by atoms with Gasteiger partial charge in [0, 0.05) is 13.5 Å². The van der Waals surface area contributed by atoms with Crippen LogP contribution in [-0.2, 0) is 16.0 Å². The van der Waals surface area contributed by atoms with E-state index < -0.39 is 6.23 Å². The third kappa shape index (κ3) is 3.56. The summed E-state index contributed by atoms with van der Waals surface area (Å²) in [5.74, 6) is 0.345. The summed E-state index contributed by atoms with van der Waals surface area (Å²) in [6.07, 6.45) is 3.16. The first-order valence-electron chi connectivity index (χ1n) is 6.92. The molecular weight excluding hydrogens is 386 g/mol. The summed E-state index contributed by atoms with van der Waals surface area (Å²) in [6, 6.07) is 3.34. The van der Waals surface area contributed by atoms with Crippen molar-refractivity contribution in [3.63, 3.8) is 0 Å². The van der Waals surface area contributed by atoms with Gasteiger partial charge in [-0.25, -0.2) is 14.7 Å². The van der Waals surface area contributed by atoms with Crippen molar-refractivity contribution in [2.24, 2.45) is 0 Å². The number of aromatic nitrogens is 1. The molecule has 1 aliphatic rings. The Morgan fingerprint density at radius 2 is 2.43 bits per heavy atom. The fraction of sp³-hybridized carbons (Fsp3) is 0.357. The molecule has 0 radical (unpaired) electrons. The highest BCUT2D eigenvalue weighted by molar-refractivity contribution is 9.11. The minimum Gasteiger partial charge on any atom is -0.469 e. The number of nitrogens with zero attached hydrogens (tertiary/aromatic N) is 3. The van der Waals surface area contributed by atoms with Crippen molar-refractivity contribution in [1.82, 2.24) is 9.88 Å². The normalized spacial score (nSPS) is 17.8. The maximum absolute atomic E-state index is 12.2. The number of hydrogen-bond acceptors (Lipinski definition) is 6. The van der Waals surface area contributed by atoms with Crippen LogP contribution in [0.15, 0.2) is 32.8 Å². The first-order chi connectivity index (χ1) is 11.0. The Kier molecular flexibility index (Phi) is 4.67. The molecule has 0 saturated carbocycles. The van der Waals surface area contributed by atoms with Gasteiger partial charge in [-0.2, -0.15) is 0 Å². The largest absolute Gasteiger partial charge is 0.469 e. The molecule has 23 heavy (non-hydrogen) atoms. The van der Waals surface area contributed by atoms with Crippen LogP contribution in [0, 0.1) is 0 Å². The molecule has 7 nitrogen and oxygen atoms in total. The fourth-order valence-electron chi connectivity index (χ4n) is 2.24. The van der Waals surface area contributed by atoms with E-state index in [4.69, 9.17) is 9.15 Å². The average Bonchev–Trinajstić information content (AvgIpc) is 3.21. The van der Waals surface area contributed by atoms with Gasteiger partial charge in [-0.3, -0.25) is 4.79 Å². The molecule has 122 valence electrons. The van der Waals surface area contributed by atoms with Crippen LogP contribution in [0.25, 0.3) is 0 Å². The number of hydrogen-bond donors (Lipinski definition) is 0. The van der Waals surface area contributed by atoms with Gasteiger partial charge in [0.1, 0.15) is 5.76 Å². The summed E-state index contributed by atoms with van der Waals surface area (Å²) < 4.78 is 11.5. The highest BCUT2D eigenvalue weighted by Crippen LogP contribution is 2.31. The van der Waals surface area contributed by atoms with Crippen LogP contribution in [0.5, 0.6) is 0 Å². The molecule has 0 bridgehead atoms. The summed E-state index contributed by atoms with van der Waals surface area (Å²) in [4.78, 5) is 31.4. The summed E-state index contributed by atoms with van der Waals surface area (Å²) >= 11 is 4.63. The quantitative estimate of drug-likeness (QED) is 0.722. The summed E-state index contributed by atoms with van der Waals surface area (Å²) in [6.45, 7) is 0.308. The highest BCUT2D eigenvalue weighted by atomic mass is 79.9. The molecule has 1 atom stereocenters. The van der Waals surface area contributed by atoms with Gasteiger partial charge in [0.05, 0.1) is 29.2 Å². The molecule has 3 heterocycles. The van der Waals surface area contributed by atoms with E-state index in [1.54, 1.807) is 31.6 Å². The fourth-order valence-corrected chi connectivity index (χ4v) is 3.46. The van der Waals surface area contributed by atoms with E-state index >= 15 is 0 Å². The Balaban J connectivity index is 1.65. The van der Waals surface area contributed by atoms with Gasteiger partial charge in [0.25, 0.3) is 0 Å². The Hall–Kier alpha value is -1.87. The lowest BCUT2D eigenvalue weighted by Gasteiger charge is -2.20. The first-order valence-corrected chi connectivity index (χ1v) is 8.53. The number of anilines is 1. The molecule has 3 rings (SSSR count). The number of carbonyl (C=O) groups excluding carboxylic acids is 2. The number of amides is 2. The van der Waals surface area contributed by atoms with Crippen molar-refractivity contribution in [3.05, 3.63) is 34.1 Å². The number of furan rings is 1. The maximum Gasteiger partial charge on any atom is 0.329 e. The second-order valence-electron chi connectivity index (χ2n) is 5.00. The molecule has 0 aliphatic carbocycles. The SMILES string of the molecule is CN1CC(OC(=O)CCc2ccco2)N(c2ncc(Br)s2)C1=O. The van der Waals surface area contributed by atoms with E-state index in [0.29, 0.717) is 18.1 Å². The Morgan fingerprint density at radius 3 is 3.09 bits per heavy atom. The highest BCUT2D eigenvalue weighted by Gasteiger charge is 2.40. The molecule has 1 aliphatic heterocycles. The third-order valence-electron chi connectivity index (χ3n) is 3.35. The number of thiazole rings is 1. The lowest BCUT2D eigenvalue weighted by atomic mass is 10.2. The van der Waals surface area contributed by atoms with E-state index in [1.807, 2.05) is 0 Å². The van der Waals surface area contributed by atoms with Crippen LogP contribution in [-0.4, -0.2) is 41.7 Å². The topological polar surface area (TPSA) is 75.9 Å². The Bertz CT molecular complexity index is 703. The van der Waals surface area contributed by atoms with Gasteiger partial charge in [-0.1, -0.05) is 11.3 Å². The number of urea groups is 1. The lowest BCUT2D eigenvalue weighted by Crippen LogP contribution is -2.37. The van der Waals surface area contributed by atoms with Gasteiger partial charge in [-0.15, -0.1) is 0 Å². The number of ether oxygens (including phenoxy) is 1. The van der Waals surface area contributed by atoms with Gasteiger partial charge in [-0.05, 0) is 28.1 Å². The van der Waals surface area contributed by atoms with Crippen molar-refractivity contribution >= 4 is 44.4 Å². The molecule has 1 saturated heterocycles. The van der Waals surface area contributed by atoms with Gasteiger partial charge < -0.3 is 14.1 Å². The predicted octanol–water partition coefficient (Wildman–Crippen LogP) is 2.87. The monoisotopic (exact) mass is 399 g/mol. The molecule has 2 amide bonds.